The molecule has 1 unspecified atom stereocenters. The summed E-state index contributed by atoms with van der Waals surface area (Å²) in [5, 5.41) is 9.30. The lowest BCUT2D eigenvalue weighted by Crippen LogP contribution is -2.17. The van der Waals surface area contributed by atoms with Crippen molar-refractivity contribution in [1.29, 1.82) is 0 Å². The molecule has 0 fully saturated rings. The van der Waals surface area contributed by atoms with Gasteiger partial charge in [0.2, 0.25) is 0 Å². The zero-order chi connectivity index (χ0) is 11.7. The summed E-state index contributed by atoms with van der Waals surface area (Å²) in [6, 6.07) is 0. The summed E-state index contributed by atoms with van der Waals surface area (Å²) >= 11 is 0. The van der Waals surface area contributed by atoms with Crippen LogP contribution in [0.3, 0.4) is 0 Å². The molecule has 0 radical (unpaired) electrons. The lowest BCUT2D eigenvalue weighted by Gasteiger charge is -2.05. The van der Waals surface area contributed by atoms with Gasteiger partial charge in [-0.3, -0.25) is 9.59 Å². The highest BCUT2D eigenvalue weighted by Gasteiger charge is 2.13. The number of methoxy groups -OCH3 is 1. The minimum Gasteiger partial charge on any atom is -0.469 e. The van der Waals surface area contributed by atoms with Gasteiger partial charge in [-0.15, -0.1) is 0 Å². The van der Waals surface area contributed by atoms with E-state index < -0.39 is 12.1 Å². The standard InChI is InChI=1S/C11H16O4/c1-3-4-5-6-9(12)7-10(13)8-11(14)15-2/h3-6,10,13H,7-8H2,1-2H3/b4-3+,6-5+. The number of aliphatic hydroxyl groups is 1. The summed E-state index contributed by atoms with van der Waals surface area (Å²) in [5.74, 6) is -0.739. The maximum Gasteiger partial charge on any atom is 0.308 e. The van der Waals surface area contributed by atoms with Gasteiger partial charge in [0, 0.05) is 6.42 Å². The SMILES string of the molecule is C/C=C/C=C/C(=O)CC(O)CC(=O)OC. The Morgan fingerprint density at radius 2 is 2.00 bits per heavy atom. The molecule has 0 aliphatic carbocycles. The second-order valence-corrected chi connectivity index (χ2v) is 2.99. The van der Waals surface area contributed by atoms with Crippen molar-refractivity contribution < 1.29 is 19.4 Å². The Labute approximate surface area is 89.2 Å². The highest BCUT2D eigenvalue weighted by molar-refractivity contribution is 5.90. The minimum absolute atomic E-state index is 0.0663. The Morgan fingerprint density at radius 3 is 2.53 bits per heavy atom. The number of esters is 1. The van der Waals surface area contributed by atoms with Gasteiger partial charge in [0.1, 0.15) is 0 Å². The first kappa shape index (κ1) is 13.6. The van der Waals surface area contributed by atoms with E-state index >= 15 is 0 Å². The van der Waals surface area contributed by atoms with Gasteiger partial charge in [-0.25, -0.2) is 0 Å². The van der Waals surface area contributed by atoms with Crippen LogP contribution in [0.1, 0.15) is 19.8 Å². The largest absolute Gasteiger partial charge is 0.469 e. The van der Waals surface area contributed by atoms with Gasteiger partial charge in [0.15, 0.2) is 5.78 Å². The van der Waals surface area contributed by atoms with E-state index in [0.29, 0.717) is 0 Å². The molecule has 0 bridgehead atoms. The topological polar surface area (TPSA) is 63.6 Å². The number of ketones is 1. The van der Waals surface area contributed by atoms with Crippen LogP contribution >= 0.6 is 0 Å². The summed E-state index contributed by atoms with van der Waals surface area (Å²) in [6.07, 6.45) is 5.26. The van der Waals surface area contributed by atoms with Crippen LogP contribution in [0.15, 0.2) is 24.3 Å². The van der Waals surface area contributed by atoms with Gasteiger partial charge in [-0.2, -0.15) is 0 Å². The van der Waals surface area contributed by atoms with Crippen molar-refractivity contribution >= 4 is 11.8 Å². The first-order valence-corrected chi connectivity index (χ1v) is 4.67. The molecule has 1 atom stereocenters. The van der Waals surface area contributed by atoms with Gasteiger partial charge in [0.05, 0.1) is 19.6 Å². The molecule has 4 nitrogen and oxygen atoms in total. The van der Waals surface area contributed by atoms with Crippen molar-refractivity contribution in [3.8, 4) is 0 Å². The molecule has 0 aliphatic heterocycles. The molecule has 0 amide bonds. The van der Waals surface area contributed by atoms with Crippen molar-refractivity contribution in [3.05, 3.63) is 24.3 Å². The zero-order valence-electron chi connectivity index (χ0n) is 8.97. The highest BCUT2D eigenvalue weighted by atomic mass is 16.5. The van der Waals surface area contributed by atoms with E-state index in [2.05, 4.69) is 4.74 Å². The average molecular weight is 212 g/mol. The molecule has 0 aromatic rings. The molecule has 0 heterocycles. The summed E-state index contributed by atoms with van der Waals surface area (Å²) in [4.78, 5) is 21.9. The van der Waals surface area contributed by atoms with Crippen LogP contribution in [-0.2, 0) is 14.3 Å². The molecule has 15 heavy (non-hydrogen) atoms. The fraction of sp³-hybridized carbons (Fsp3) is 0.455. The van der Waals surface area contributed by atoms with Gasteiger partial charge < -0.3 is 9.84 Å². The Morgan fingerprint density at radius 1 is 1.33 bits per heavy atom. The first-order chi connectivity index (χ1) is 7.10. The first-order valence-electron chi connectivity index (χ1n) is 4.67. The van der Waals surface area contributed by atoms with Gasteiger partial charge >= 0.3 is 5.97 Å². The molecule has 0 spiro atoms. The van der Waals surface area contributed by atoms with E-state index in [0.717, 1.165) is 0 Å². The maximum atomic E-state index is 11.2. The van der Waals surface area contributed by atoms with Crippen LogP contribution in [0.25, 0.3) is 0 Å². The normalized spacial score (nSPS) is 13.3. The lowest BCUT2D eigenvalue weighted by atomic mass is 10.1. The number of aliphatic hydroxyl groups excluding tert-OH is 1. The van der Waals surface area contributed by atoms with Crippen LogP contribution in [0.4, 0.5) is 0 Å². The number of allylic oxidation sites excluding steroid dienone is 4. The van der Waals surface area contributed by atoms with Crippen molar-refractivity contribution in [1.82, 2.24) is 0 Å². The minimum atomic E-state index is -0.972. The van der Waals surface area contributed by atoms with Crippen LogP contribution < -0.4 is 0 Å². The van der Waals surface area contributed by atoms with Crippen molar-refractivity contribution in [3.63, 3.8) is 0 Å². The Balaban J connectivity index is 3.91. The molecule has 0 saturated carbocycles. The fourth-order valence-electron chi connectivity index (χ4n) is 0.922. The summed E-state index contributed by atoms with van der Waals surface area (Å²) in [5.41, 5.74) is 0. The van der Waals surface area contributed by atoms with Crippen LogP contribution in [0, 0.1) is 0 Å². The van der Waals surface area contributed by atoms with Gasteiger partial charge in [-0.1, -0.05) is 18.2 Å². The number of ether oxygens (including phenoxy) is 1. The molecular weight excluding hydrogens is 196 g/mol. The predicted octanol–water partition coefficient (Wildman–Crippen LogP) is 1.00. The quantitative estimate of drug-likeness (QED) is 0.405. The molecule has 1 N–H and O–H groups in total. The van der Waals surface area contributed by atoms with Gasteiger partial charge in [-0.05, 0) is 13.0 Å². The number of hydrogen-bond acceptors (Lipinski definition) is 4. The number of hydrogen-bond donors (Lipinski definition) is 1. The third-order valence-corrected chi connectivity index (χ3v) is 1.65. The Kier molecular flexibility index (Phi) is 7.18. The number of carbonyl (C=O) groups is 2. The van der Waals surface area contributed by atoms with E-state index in [4.69, 9.17) is 0 Å². The average Bonchev–Trinajstić information content (AvgIpc) is 2.17. The van der Waals surface area contributed by atoms with Crippen molar-refractivity contribution in [2.45, 2.75) is 25.9 Å². The fourth-order valence-corrected chi connectivity index (χ4v) is 0.922. The Hall–Kier alpha value is -1.42. The van der Waals surface area contributed by atoms with Crippen molar-refractivity contribution in [2.75, 3.05) is 7.11 Å². The highest BCUT2D eigenvalue weighted by Crippen LogP contribution is 2.01. The van der Waals surface area contributed by atoms with E-state index in [1.165, 1.54) is 13.2 Å². The third-order valence-electron chi connectivity index (χ3n) is 1.65. The molecule has 0 saturated heterocycles. The van der Waals surface area contributed by atoms with E-state index in [1.807, 2.05) is 6.92 Å². The van der Waals surface area contributed by atoms with Crippen LogP contribution in [0.2, 0.25) is 0 Å². The molecular formula is C11H16O4. The van der Waals surface area contributed by atoms with Crippen molar-refractivity contribution in [2.24, 2.45) is 0 Å². The van der Waals surface area contributed by atoms with E-state index in [1.54, 1.807) is 18.2 Å². The predicted molar refractivity (Wildman–Crippen MR) is 56.2 cm³/mol. The third kappa shape index (κ3) is 7.64. The van der Waals surface area contributed by atoms with Crippen LogP contribution in [-0.4, -0.2) is 30.1 Å². The Bertz CT molecular complexity index is 266. The van der Waals surface area contributed by atoms with E-state index in [-0.39, 0.29) is 18.6 Å². The number of carbonyl (C=O) groups excluding carboxylic acids is 2. The second kappa shape index (κ2) is 7.94. The lowest BCUT2D eigenvalue weighted by molar-refractivity contribution is -0.143. The summed E-state index contributed by atoms with van der Waals surface area (Å²) in [6.45, 7) is 1.83. The summed E-state index contributed by atoms with van der Waals surface area (Å²) in [7, 11) is 1.24. The molecule has 4 heteroatoms. The molecule has 0 aliphatic rings. The van der Waals surface area contributed by atoms with Crippen LogP contribution in [0.5, 0.6) is 0 Å². The zero-order valence-corrected chi connectivity index (χ0v) is 8.97. The second-order valence-electron chi connectivity index (χ2n) is 2.99. The monoisotopic (exact) mass is 212 g/mol. The molecule has 0 rings (SSSR count). The smallest absolute Gasteiger partial charge is 0.308 e. The maximum absolute atomic E-state index is 11.2. The van der Waals surface area contributed by atoms with E-state index in [9.17, 15) is 14.7 Å². The molecule has 0 aromatic heterocycles. The van der Waals surface area contributed by atoms with Gasteiger partial charge in [0.25, 0.3) is 0 Å². The molecule has 0 aromatic carbocycles. The summed E-state index contributed by atoms with van der Waals surface area (Å²) < 4.78 is 4.36. The number of rotatable bonds is 6. The molecule has 84 valence electrons.